The lowest BCUT2D eigenvalue weighted by Crippen LogP contribution is -2.44. The zero-order chi connectivity index (χ0) is 16.2. The molecule has 0 saturated carbocycles. The number of aromatic nitrogens is 1. The van der Waals surface area contributed by atoms with Gasteiger partial charge in [0, 0.05) is 13.1 Å². The zero-order valence-electron chi connectivity index (χ0n) is 13.4. The number of carbonyl (C=O) groups excluding carboxylic acids is 1. The fraction of sp³-hybridized carbons (Fsp3) is 0.500. The molecule has 0 unspecified atom stereocenters. The van der Waals surface area contributed by atoms with Crippen molar-refractivity contribution in [1.82, 2.24) is 9.88 Å². The van der Waals surface area contributed by atoms with E-state index in [4.69, 9.17) is 9.47 Å². The van der Waals surface area contributed by atoms with Crippen LogP contribution in [0.4, 0.5) is 5.13 Å². The molecule has 7 heteroatoms. The van der Waals surface area contributed by atoms with Crippen LogP contribution in [-0.4, -0.2) is 54.7 Å². The van der Waals surface area contributed by atoms with E-state index >= 15 is 0 Å². The van der Waals surface area contributed by atoms with Crippen LogP contribution in [0.25, 0.3) is 10.2 Å². The Kier molecular flexibility index (Phi) is 5.09. The van der Waals surface area contributed by atoms with Gasteiger partial charge >= 0.3 is 0 Å². The van der Waals surface area contributed by atoms with Crippen LogP contribution in [0.1, 0.15) is 13.8 Å². The summed E-state index contributed by atoms with van der Waals surface area (Å²) in [4.78, 5) is 18.7. The lowest BCUT2D eigenvalue weighted by Gasteiger charge is -2.30. The minimum absolute atomic E-state index is 0.0387. The van der Waals surface area contributed by atoms with Crippen LogP contribution in [0, 0.1) is 0 Å². The van der Waals surface area contributed by atoms with Gasteiger partial charge in [-0.1, -0.05) is 11.3 Å². The first kappa shape index (κ1) is 16.2. The Morgan fingerprint density at radius 3 is 3.22 bits per heavy atom. The molecule has 23 heavy (non-hydrogen) atoms. The number of nitrogens with zero attached hydrogens (tertiary/aromatic N) is 2. The van der Waals surface area contributed by atoms with Gasteiger partial charge in [-0.3, -0.25) is 9.69 Å². The molecule has 0 aliphatic carbocycles. The molecule has 2 heterocycles. The summed E-state index contributed by atoms with van der Waals surface area (Å²) in [5.41, 5.74) is 0.869. The monoisotopic (exact) mass is 335 g/mol. The van der Waals surface area contributed by atoms with Crippen LogP contribution in [-0.2, 0) is 9.53 Å². The number of rotatable bonds is 5. The normalized spacial score (nSPS) is 19.0. The summed E-state index contributed by atoms with van der Waals surface area (Å²) in [6.45, 7) is 7.22. The number of nitrogens with one attached hydrogen (secondary N) is 1. The number of morpholine rings is 1. The fourth-order valence-electron chi connectivity index (χ4n) is 2.61. The number of hydrogen-bond acceptors (Lipinski definition) is 6. The van der Waals surface area contributed by atoms with E-state index in [1.807, 2.05) is 32.0 Å². The molecular weight excluding hydrogens is 314 g/mol. The summed E-state index contributed by atoms with van der Waals surface area (Å²) in [5, 5.41) is 3.52. The molecule has 1 fully saturated rings. The summed E-state index contributed by atoms with van der Waals surface area (Å²) < 4.78 is 12.0. The molecular formula is C16H21N3O3S. The lowest BCUT2D eigenvalue weighted by atomic mass is 10.3. The van der Waals surface area contributed by atoms with Crippen molar-refractivity contribution in [3.63, 3.8) is 0 Å². The second kappa shape index (κ2) is 7.25. The highest BCUT2D eigenvalue weighted by molar-refractivity contribution is 7.22. The summed E-state index contributed by atoms with van der Waals surface area (Å²) in [6, 6.07) is 5.76. The van der Waals surface area contributed by atoms with Crippen LogP contribution in [0.5, 0.6) is 5.75 Å². The van der Waals surface area contributed by atoms with E-state index in [9.17, 15) is 4.79 Å². The van der Waals surface area contributed by atoms with Crippen molar-refractivity contribution in [2.75, 3.05) is 38.2 Å². The van der Waals surface area contributed by atoms with Gasteiger partial charge < -0.3 is 14.8 Å². The topological polar surface area (TPSA) is 63.7 Å². The van der Waals surface area contributed by atoms with Crippen molar-refractivity contribution in [2.24, 2.45) is 0 Å². The van der Waals surface area contributed by atoms with Crippen molar-refractivity contribution in [3.8, 4) is 5.75 Å². The Morgan fingerprint density at radius 2 is 2.43 bits per heavy atom. The predicted octanol–water partition coefficient (Wildman–Crippen LogP) is 2.35. The molecule has 0 radical (unpaired) electrons. The first-order chi connectivity index (χ1) is 11.1. The quantitative estimate of drug-likeness (QED) is 0.909. The maximum absolute atomic E-state index is 12.2. The van der Waals surface area contributed by atoms with Crippen LogP contribution in [0.3, 0.4) is 0 Å². The van der Waals surface area contributed by atoms with E-state index in [0.29, 0.717) is 24.9 Å². The van der Waals surface area contributed by atoms with E-state index in [-0.39, 0.29) is 12.0 Å². The van der Waals surface area contributed by atoms with E-state index in [1.165, 1.54) is 11.3 Å². The maximum Gasteiger partial charge on any atom is 0.240 e. The van der Waals surface area contributed by atoms with Gasteiger partial charge in [0.1, 0.15) is 5.75 Å². The average Bonchev–Trinajstić information content (AvgIpc) is 2.88. The number of hydrogen-bond donors (Lipinski definition) is 1. The number of benzene rings is 1. The number of ether oxygens (including phenoxy) is 2. The van der Waals surface area contributed by atoms with Gasteiger partial charge in [-0.2, -0.15) is 0 Å². The molecule has 1 aromatic heterocycles. The van der Waals surface area contributed by atoms with Gasteiger partial charge in [0.15, 0.2) is 5.13 Å². The minimum atomic E-state index is -0.0387. The molecule has 1 aliphatic rings. The van der Waals surface area contributed by atoms with Crippen LogP contribution in [0.15, 0.2) is 18.2 Å². The van der Waals surface area contributed by atoms with Crippen LogP contribution >= 0.6 is 11.3 Å². The molecule has 1 saturated heterocycles. The summed E-state index contributed by atoms with van der Waals surface area (Å²) >= 11 is 1.46. The largest absolute Gasteiger partial charge is 0.494 e. The Bertz CT molecular complexity index is 688. The third kappa shape index (κ3) is 4.19. The smallest absolute Gasteiger partial charge is 0.240 e. The molecule has 1 N–H and O–H groups in total. The van der Waals surface area contributed by atoms with Crippen molar-refractivity contribution in [1.29, 1.82) is 0 Å². The second-order valence-corrected chi connectivity index (χ2v) is 6.58. The summed E-state index contributed by atoms with van der Waals surface area (Å²) in [6.07, 6.45) is 0.177. The number of thiazole rings is 1. The van der Waals surface area contributed by atoms with Gasteiger partial charge in [-0.25, -0.2) is 4.98 Å². The highest BCUT2D eigenvalue weighted by Crippen LogP contribution is 2.29. The second-order valence-electron chi connectivity index (χ2n) is 5.55. The SMILES string of the molecule is CCOc1ccc2nc(NC(=O)CN3CCO[C@H](C)C3)sc2c1. The van der Waals surface area contributed by atoms with Crippen molar-refractivity contribution in [2.45, 2.75) is 20.0 Å². The van der Waals surface area contributed by atoms with Crippen LogP contribution < -0.4 is 10.1 Å². The molecule has 0 spiro atoms. The highest BCUT2D eigenvalue weighted by atomic mass is 32.1. The Hall–Kier alpha value is -1.70. The third-order valence-electron chi connectivity index (χ3n) is 3.61. The molecule has 0 bridgehead atoms. The molecule has 1 aliphatic heterocycles. The van der Waals surface area contributed by atoms with Gasteiger partial charge in [-0.05, 0) is 32.0 Å². The van der Waals surface area contributed by atoms with E-state index in [1.54, 1.807) is 0 Å². The molecule has 124 valence electrons. The molecule has 6 nitrogen and oxygen atoms in total. The molecule has 2 aromatic rings. The van der Waals surface area contributed by atoms with E-state index < -0.39 is 0 Å². The van der Waals surface area contributed by atoms with E-state index in [2.05, 4.69) is 15.2 Å². The first-order valence-electron chi connectivity index (χ1n) is 7.81. The fourth-order valence-corrected chi connectivity index (χ4v) is 3.52. The third-order valence-corrected chi connectivity index (χ3v) is 4.54. The molecule has 1 amide bonds. The van der Waals surface area contributed by atoms with Crippen molar-refractivity contribution in [3.05, 3.63) is 18.2 Å². The van der Waals surface area contributed by atoms with E-state index in [0.717, 1.165) is 29.1 Å². The Labute approximate surface area is 139 Å². The van der Waals surface area contributed by atoms with Gasteiger partial charge in [-0.15, -0.1) is 0 Å². The highest BCUT2D eigenvalue weighted by Gasteiger charge is 2.19. The lowest BCUT2D eigenvalue weighted by molar-refractivity contribution is -0.119. The summed E-state index contributed by atoms with van der Waals surface area (Å²) in [5.74, 6) is 0.784. The van der Waals surface area contributed by atoms with Gasteiger partial charge in [0.2, 0.25) is 5.91 Å². The minimum Gasteiger partial charge on any atom is -0.494 e. The summed E-state index contributed by atoms with van der Waals surface area (Å²) in [7, 11) is 0. The number of anilines is 1. The zero-order valence-corrected chi connectivity index (χ0v) is 14.2. The molecule has 1 aromatic carbocycles. The number of fused-ring (bicyclic) bond motifs is 1. The van der Waals surface area contributed by atoms with Crippen LogP contribution in [0.2, 0.25) is 0 Å². The molecule has 3 rings (SSSR count). The Morgan fingerprint density at radius 1 is 1.57 bits per heavy atom. The van der Waals surface area contributed by atoms with Crippen molar-refractivity contribution >= 4 is 32.6 Å². The average molecular weight is 335 g/mol. The predicted molar refractivity (Wildman–Crippen MR) is 91.3 cm³/mol. The van der Waals surface area contributed by atoms with Gasteiger partial charge in [0.05, 0.1) is 36.1 Å². The number of carbonyl (C=O) groups is 1. The van der Waals surface area contributed by atoms with Crippen molar-refractivity contribution < 1.29 is 14.3 Å². The first-order valence-corrected chi connectivity index (χ1v) is 8.63. The standard InChI is InChI=1S/C16H21N3O3S/c1-3-21-12-4-5-13-14(8-12)23-16(17-13)18-15(20)10-19-6-7-22-11(2)9-19/h4-5,8,11H,3,6-7,9-10H2,1-2H3,(H,17,18,20)/t11-/m1/s1. The molecule has 1 atom stereocenters. The Balaban J connectivity index is 1.62. The van der Waals surface area contributed by atoms with Gasteiger partial charge in [0.25, 0.3) is 0 Å². The number of amides is 1. The maximum atomic E-state index is 12.2.